The van der Waals surface area contributed by atoms with Crippen molar-refractivity contribution in [3.8, 4) is 5.75 Å². The molecule has 7 heteroatoms. The molecule has 1 rings (SSSR count). The van der Waals surface area contributed by atoms with Crippen molar-refractivity contribution in [1.82, 2.24) is 5.32 Å². The summed E-state index contributed by atoms with van der Waals surface area (Å²) in [7, 11) is 0. The average Bonchev–Trinajstić information content (AvgIpc) is 2.41. The highest BCUT2D eigenvalue weighted by atomic mass is 19.1. The van der Waals surface area contributed by atoms with E-state index in [0.29, 0.717) is 12.2 Å². The third kappa shape index (κ3) is 6.22. The second kappa shape index (κ2) is 7.58. The van der Waals surface area contributed by atoms with Crippen molar-refractivity contribution in [3.63, 3.8) is 0 Å². The number of carbonyl (C=O) groups is 2. The monoisotopic (exact) mass is 299 g/mol. The molecule has 0 saturated carbocycles. The lowest BCUT2D eigenvalue weighted by molar-refractivity contribution is -0.156. The lowest BCUT2D eigenvalue weighted by Crippen LogP contribution is -2.46. The minimum atomic E-state index is -1.99. The zero-order chi connectivity index (χ0) is 15.9. The Labute approximate surface area is 121 Å². The Morgan fingerprint density at radius 1 is 1.43 bits per heavy atom. The SMILES string of the molecule is CC(O)(CNC(=O)CCCOc1cccc(F)c1)C(=O)O. The summed E-state index contributed by atoms with van der Waals surface area (Å²) in [6, 6.07) is 5.66. The van der Waals surface area contributed by atoms with Crippen molar-refractivity contribution >= 4 is 11.9 Å². The lowest BCUT2D eigenvalue weighted by Gasteiger charge is -2.18. The molecule has 0 saturated heterocycles. The van der Waals surface area contributed by atoms with Gasteiger partial charge in [0.25, 0.3) is 0 Å². The van der Waals surface area contributed by atoms with Gasteiger partial charge >= 0.3 is 5.97 Å². The molecule has 0 aromatic heterocycles. The maximum atomic E-state index is 12.9. The van der Waals surface area contributed by atoms with E-state index in [0.717, 1.165) is 6.92 Å². The second-order valence-corrected chi connectivity index (χ2v) is 4.77. The first-order valence-electron chi connectivity index (χ1n) is 6.42. The highest BCUT2D eigenvalue weighted by Gasteiger charge is 2.30. The summed E-state index contributed by atoms with van der Waals surface area (Å²) >= 11 is 0. The molecule has 1 unspecified atom stereocenters. The Morgan fingerprint density at radius 3 is 2.76 bits per heavy atom. The molecule has 0 bridgehead atoms. The minimum Gasteiger partial charge on any atom is -0.493 e. The number of carbonyl (C=O) groups excluding carboxylic acids is 1. The largest absolute Gasteiger partial charge is 0.493 e. The van der Waals surface area contributed by atoms with Gasteiger partial charge in [-0.25, -0.2) is 9.18 Å². The molecule has 0 aliphatic heterocycles. The Bertz CT molecular complexity index is 504. The molecule has 1 amide bonds. The standard InChI is InChI=1S/C14H18FNO5/c1-14(20,13(18)19)9-16-12(17)6-3-7-21-11-5-2-4-10(15)8-11/h2,4-5,8,20H,3,6-7,9H2,1H3,(H,16,17)(H,18,19). The number of nitrogens with one attached hydrogen (secondary N) is 1. The minimum absolute atomic E-state index is 0.116. The number of carboxylic acids is 1. The molecule has 0 aliphatic rings. The van der Waals surface area contributed by atoms with Crippen LogP contribution in [0.3, 0.4) is 0 Å². The first kappa shape index (κ1) is 16.9. The quantitative estimate of drug-likeness (QED) is 0.621. The van der Waals surface area contributed by atoms with Crippen molar-refractivity contribution in [3.05, 3.63) is 30.1 Å². The number of benzene rings is 1. The third-order valence-electron chi connectivity index (χ3n) is 2.70. The average molecular weight is 299 g/mol. The van der Waals surface area contributed by atoms with Gasteiger partial charge in [0.05, 0.1) is 13.2 Å². The summed E-state index contributed by atoms with van der Waals surface area (Å²) in [6.45, 7) is 0.959. The number of rotatable bonds is 8. The molecule has 0 fully saturated rings. The molecule has 1 aromatic carbocycles. The van der Waals surface area contributed by atoms with Gasteiger partial charge < -0.3 is 20.3 Å². The molecule has 0 radical (unpaired) electrons. The molecule has 21 heavy (non-hydrogen) atoms. The summed E-state index contributed by atoms with van der Waals surface area (Å²) < 4.78 is 18.1. The van der Waals surface area contributed by atoms with Crippen LogP contribution in [-0.4, -0.2) is 40.8 Å². The summed E-state index contributed by atoms with van der Waals surface area (Å²) in [5.74, 6) is -1.82. The smallest absolute Gasteiger partial charge is 0.337 e. The maximum absolute atomic E-state index is 12.9. The van der Waals surface area contributed by atoms with E-state index in [4.69, 9.17) is 9.84 Å². The van der Waals surface area contributed by atoms with Crippen molar-refractivity contribution < 1.29 is 28.9 Å². The molecular weight excluding hydrogens is 281 g/mol. The van der Waals surface area contributed by atoms with E-state index in [2.05, 4.69) is 5.32 Å². The van der Waals surface area contributed by atoms with Crippen LogP contribution < -0.4 is 10.1 Å². The van der Waals surface area contributed by atoms with Crippen LogP contribution in [-0.2, 0) is 9.59 Å². The van der Waals surface area contributed by atoms with Gasteiger partial charge in [-0.15, -0.1) is 0 Å². The molecule has 0 aliphatic carbocycles. The maximum Gasteiger partial charge on any atom is 0.337 e. The van der Waals surface area contributed by atoms with Gasteiger partial charge in [-0.05, 0) is 25.5 Å². The number of hydrogen-bond donors (Lipinski definition) is 3. The van der Waals surface area contributed by atoms with Crippen LogP contribution in [0.1, 0.15) is 19.8 Å². The zero-order valence-corrected chi connectivity index (χ0v) is 11.6. The predicted molar refractivity (Wildman–Crippen MR) is 72.4 cm³/mol. The highest BCUT2D eigenvalue weighted by Crippen LogP contribution is 2.12. The molecule has 0 spiro atoms. The second-order valence-electron chi connectivity index (χ2n) is 4.77. The number of aliphatic hydroxyl groups is 1. The van der Waals surface area contributed by atoms with Crippen LogP contribution in [0.15, 0.2) is 24.3 Å². The van der Waals surface area contributed by atoms with Crippen molar-refractivity contribution in [1.29, 1.82) is 0 Å². The van der Waals surface area contributed by atoms with E-state index in [1.54, 1.807) is 6.07 Å². The first-order valence-corrected chi connectivity index (χ1v) is 6.42. The zero-order valence-electron chi connectivity index (χ0n) is 11.6. The Kier molecular flexibility index (Phi) is 6.10. The highest BCUT2D eigenvalue weighted by molar-refractivity contribution is 5.80. The van der Waals surface area contributed by atoms with Crippen LogP contribution in [0.25, 0.3) is 0 Å². The van der Waals surface area contributed by atoms with Gasteiger partial charge in [0.1, 0.15) is 11.6 Å². The van der Waals surface area contributed by atoms with E-state index in [1.807, 2.05) is 0 Å². The van der Waals surface area contributed by atoms with Gasteiger partial charge in [-0.3, -0.25) is 4.79 Å². The normalized spacial score (nSPS) is 13.3. The van der Waals surface area contributed by atoms with Gasteiger partial charge in [0, 0.05) is 12.5 Å². The van der Waals surface area contributed by atoms with Gasteiger partial charge in [-0.2, -0.15) is 0 Å². The topological polar surface area (TPSA) is 95.9 Å². The van der Waals surface area contributed by atoms with Gasteiger partial charge in [0.2, 0.25) is 5.91 Å². The summed E-state index contributed by atoms with van der Waals surface area (Å²) in [4.78, 5) is 22.1. The van der Waals surface area contributed by atoms with Crippen LogP contribution in [0, 0.1) is 5.82 Å². The number of hydrogen-bond acceptors (Lipinski definition) is 4. The summed E-state index contributed by atoms with van der Waals surface area (Å²) in [6.07, 6.45) is 0.503. The van der Waals surface area contributed by atoms with Crippen LogP contribution in [0.5, 0.6) is 5.75 Å². The predicted octanol–water partition coefficient (Wildman–Crippen LogP) is 0.936. The number of amides is 1. The Morgan fingerprint density at radius 2 is 2.14 bits per heavy atom. The van der Waals surface area contributed by atoms with Crippen molar-refractivity contribution in [2.24, 2.45) is 0 Å². The van der Waals surface area contributed by atoms with E-state index >= 15 is 0 Å². The number of aliphatic carboxylic acids is 1. The summed E-state index contributed by atoms with van der Waals surface area (Å²) in [5.41, 5.74) is -1.99. The molecule has 6 nitrogen and oxygen atoms in total. The number of carboxylic acid groups (broad SMARTS) is 1. The number of halogens is 1. The molecule has 1 aromatic rings. The summed E-state index contributed by atoms with van der Waals surface area (Å²) in [5, 5.41) is 20.4. The fraction of sp³-hybridized carbons (Fsp3) is 0.429. The fourth-order valence-electron chi connectivity index (χ4n) is 1.41. The molecule has 1 atom stereocenters. The van der Waals surface area contributed by atoms with Crippen LogP contribution >= 0.6 is 0 Å². The van der Waals surface area contributed by atoms with Crippen molar-refractivity contribution in [2.45, 2.75) is 25.4 Å². The van der Waals surface area contributed by atoms with Crippen molar-refractivity contribution in [2.75, 3.05) is 13.2 Å². The van der Waals surface area contributed by atoms with Gasteiger partial charge in [-0.1, -0.05) is 6.07 Å². The van der Waals surface area contributed by atoms with E-state index in [-0.39, 0.29) is 25.5 Å². The van der Waals surface area contributed by atoms with Crippen LogP contribution in [0.2, 0.25) is 0 Å². The molecule has 0 heterocycles. The van der Waals surface area contributed by atoms with E-state index in [9.17, 15) is 19.1 Å². The molecular formula is C14H18FNO5. The lowest BCUT2D eigenvalue weighted by atomic mass is 10.1. The third-order valence-corrected chi connectivity index (χ3v) is 2.70. The Balaban J connectivity index is 2.21. The molecule has 3 N–H and O–H groups in total. The van der Waals surface area contributed by atoms with E-state index < -0.39 is 17.4 Å². The number of ether oxygens (including phenoxy) is 1. The van der Waals surface area contributed by atoms with E-state index in [1.165, 1.54) is 18.2 Å². The van der Waals surface area contributed by atoms with Gasteiger partial charge in [0.15, 0.2) is 5.60 Å². The fourth-order valence-corrected chi connectivity index (χ4v) is 1.41. The first-order chi connectivity index (χ1) is 9.81. The molecule has 116 valence electrons. The van der Waals surface area contributed by atoms with Crippen LogP contribution in [0.4, 0.5) is 4.39 Å². The Hall–Kier alpha value is -2.15.